The minimum atomic E-state index is -0.387. The van der Waals surface area contributed by atoms with Gasteiger partial charge < -0.3 is 19.3 Å². The number of rotatable bonds is 3. The molecule has 3 fully saturated rings. The number of likely N-dealkylation sites (tertiary alicyclic amines) is 2. The van der Waals surface area contributed by atoms with E-state index in [0.717, 1.165) is 69.4 Å². The summed E-state index contributed by atoms with van der Waals surface area (Å²) in [5.74, 6) is 0.280. The van der Waals surface area contributed by atoms with Gasteiger partial charge in [0.25, 0.3) is 0 Å². The van der Waals surface area contributed by atoms with Gasteiger partial charge in [0.2, 0.25) is 0 Å². The van der Waals surface area contributed by atoms with Gasteiger partial charge in [0.05, 0.1) is 19.4 Å². The van der Waals surface area contributed by atoms with Crippen molar-refractivity contribution in [1.82, 2.24) is 9.80 Å². The molecule has 8 heteroatoms. The van der Waals surface area contributed by atoms with E-state index in [-0.39, 0.29) is 29.5 Å². The molecule has 7 nitrogen and oxygen atoms in total. The first-order valence-electron chi connectivity index (χ1n) is 12.8. The molecule has 3 aliphatic heterocycles. The average molecular weight is 474 g/mol. The topological polar surface area (TPSA) is 62.3 Å². The fourth-order valence-electron chi connectivity index (χ4n) is 6.91. The van der Waals surface area contributed by atoms with Crippen LogP contribution in [0.2, 0.25) is 0 Å². The maximum Gasteiger partial charge on any atom is 0.414 e. The SMILES string of the molecule is CCCOC(=O)N1CCCC2CC(N3CCC4(CC3)CN(C(=O)OC)c3ccc(F)cc34)CC21. The lowest BCUT2D eigenvalue weighted by atomic mass is 9.74. The number of hydrogen-bond donors (Lipinski definition) is 0. The minimum absolute atomic E-state index is 0.151. The Morgan fingerprint density at radius 2 is 1.94 bits per heavy atom. The van der Waals surface area contributed by atoms with Crippen molar-refractivity contribution in [2.75, 3.05) is 44.8 Å². The number of piperidine rings is 2. The quantitative estimate of drug-likeness (QED) is 0.645. The second kappa shape index (κ2) is 9.36. The molecule has 34 heavy (non-hydrogen) atoms. The van der Waals surface area contributed by atoms with Crippen LogP contribution in [0.25, 0.3) is 0 Å². The zero-order chi connectivity index (χ0) is 23.9. The molecule has 0 radical (unpaired) electrons. The first-order valence-corrected chi connectivity index (χ1v) is 12.8. The maximum absolute atomic E-state index is 14.2. The third-order valence-corrected chi connectivity index (χ3v) is 8.62. The molecule has 1 aromatic carbocycles. The second-order valence-electron chi connectivity index (χ2n) is 10.4. The number of carbonyl (C=O) groups is 2. The predicted molar refractivity (Wildman–Crippen MR) is 127 cm³/mol. The van der Waals surface area contributed by atoms with Crippen molar-refractivity contribution in [3.63, 3.8) is 0 Å². The van der Waals surface area contributed by atoms with Gasteiger partial charge in [0.1, 0.15) is 5.82 Å². The van der Waals surface area contributed by atoms with Gasteiger partial charge in [0, 0.05) is 30.6 Å². The van der Waals surface area contributed by atoms with Crippen molar-refractivity contribution < 1.29 is 23.5 Å². The fraction of sp³-hybridized carbons (Fsp3) is 0.692. The summed E-state index contributed by atoms with van der Waals surface area (Å²) in [5.41, 5.74) is 1.47. The van der Waals surface area contributed by atoms with E-state index >= 15 is 0 Å². The average Bonchev–Trinajstić information content (AvgIpc) is 3.42. The number of ether oxygens (including phenoxy) is 2. The predicted octanol–water partition coefficient (Wildman–Crippen LogP) is 4.54. The molecule has 0 aromatic heterocycles. The summed E-state index contributed by atoms with van der Waals surface area (Å²) in [6, 6.07) is 5.46. The van der Waals surface area contributed by atoms with Gasteiger partial charge in [-0.3, -0.25) is 4.90 Å². The second-order valence-corrected chi connectivity index (χ2v) is 10.4. The van der Waals surface area contributed by atoms with Crippen molar-refractivity contribution in [1.29, 1.82) is 0 Å². The lowest BCUT2D eigenvalue weighted by Crippen LogP contribution is -2.49. The molecule has 2 amide bonds. The van der Waals surface area contributed by atoms with Crippen molar-refractivity contribution in [3.8, 4) is 0 Å². The van der Waals surface area contributed by atoms with Gasteiger partial charge in [0.15, 0.2) is 0 Å². The van der Waals surface area contributed by atoms with Crippen LogP contribution in [0.15, 0.2) is 18.2 Å². The fourth-order valence-corrected chi connectivity index (χ4v) is 6.91. The molecular weight excluding hydrogens is 437 g/mol. The number of amides is 2. The van der Waals surface area contributed by atoms with Gasteiger partial charge in [-0.15, -0.1) is 0 Å². The van der Waals surface area contributed by atoms with Gasteiger partial charge in [-0.25, -0.2) is 14.0 Å². The molecule has 1 aromatic rings. The molecule has 2 saturated heterocycles. The Morgan fingerprint density at radius 1 is 1.15 bits per heavy atom. The van der Waals surface area contributed by atoms with E-state index in [1.54, 1.807) is 17.0 Å². The zero-order valence-electron chi connectivity index (χ0n) is 20.3. The third kappa shape index (κ3) is 4.04. The van der Waals surface area contributed by atoms with E-state index in [1.165, 1.54) is 19.6 Å². The zero-order valence-corrected chi connectivity index (χ0v) is 20.3. The molecule has 3 unspecified atom stereocenters. The molecule has 4 aliphatic rings. The Balaban J connectivity index is 1.27. The van der Waals surface area contributed by atoms with Gasteiger partial charge >= 0.3 is 12.2 Å². The van der Waals surface area contributed by atoms with E-state index < -0.39 is 0 Å². The number of halogens is 1. The number of carbonyl (C=O) groups excluding carboxylic acids is 2. The molecule has 3 atom stereocenters. The maximum atomic E-state index is 14.2. The van der Waals surface area contributed by atoms with Crippen LogP contribution >= 0.6 is 0 Å². The Hall–Kier alpha value is -2.35. The first-order chi connectivity index (χ1) is 16.5. The summed E-state index contributed by atoms with van der Waals surface area (Å²) in [5, 5.41) is 0. The van der Waals surface area contributed by atoms with Crippen LogP contribution in [0, 0.1) is 11.7 Å². The summed E-state index contributed by atoms with van der Waals surface area (Å²) >= 11 is 0. The highest BCUT2D eigenvalue weighted by atomic mass is 19.1. The van der Waals surface area contributed by atoms with Crippen LogP contribution in [-0.2, 0) is 14.9 Å². The molecule has 1 aliphatic carbocycles. The number of anilines is 1. The first kappa shape index (κ1) is 23.4. The van der Waals surface area contributed by atoms with Crippen LogP contribution < -0.4 is 4.90 Å². The summed E-state index contributed by atoms with van der Waals surface area (Å²) in [4.78, 5) is 31.3. The van der Waals surface area contributed by atoms with Gasteiger partial charge in [-0.05, 0) is 87.7 Å². The van der Waals surface area contributed by atoms with Crippen LogP contribution in [-0.4, -0.2) is 74.0 Å². The van der Waals surface area contributed by atoms with Crippen molar-refractivity contribution in [2.24, 2.45) is 5.92 Å². The summed E-state index contributed by atoms with van der Waals surface area (Å²) in [6.45, 7) is 5.66. The van der Waals surface area contributed by atoms with Gasteiger partial charge in [-0.2, -0.15) is 0 Å². The van der Waals surface area contributed by atoms with E-state index in [1.807, 2.05) is 11.8 Å². The molecule has 3 heterocycles. The number of methoxy groups -OCH3 is 1. The van der Waals surface area contributed by atoms with Crippen molar-refractivity contribution in [2.45, 2.75) is 69.4 Å². The van der Waals surface area contributed by atoms with Crippen LogP contribution in [0.5, 0.6) is 0 Å². The minimum Gasteiger partial charge on any atom is -0.452 e. The largest absolute Gasteiger partial charge is 0.452 e. The molecular formula is C26H36FN3O4. The Morgan fingerprint density at radius 3 is 2.68 bits per heavy atom. The summed E-state index contributed by atoms with van der Waals surface area (Å²) < 4.78 is 24.7. The van der Waals surface area contributed by atoms with Crippen molar-refractivity contribution >= 4 is 17.9 Å². The Kier molecular flexibility index (Phi) is 6.44. The molecule has 1 saturated carbocycles. The van der Waals surface area contributed by atoms with Crippen LogP contribution in [0.3, 0.4) is 0 Å². The third-order valence-electron chi connectivity index (χ3n) is 8.62. The molecule has 1 spiro atoms. The highest BCUT2D eigenvalue weighted by molar-refractivity contribution is 5.91. The number of hydrogen-bond acceptors (Lipinski definition) is 5. The molecule has 0 N–H and O–H groups in total. The highest BCUT2D eigenvalue weighted by Crippen LogP contribution is 2.49. The van der Waals surface area contributed by atoms with Crippen LogP contribution in [0.4, 0.5) is 19.7 Å². The van der Waals surface area contributed by atoms with E-state index in [2.05, 4.69) is 4.90 Å². The molecule has 0 bridgehead atoms. The number of benzene rings is 1. The Bertz CT molecular complexity index is 933. The van der Waals surface area contributed by atoms with Crippen LogP contribution in [0.1, 0.15) is 57.4 Å². The normalized spacial score (nSPS) is 28.0. The summed E-state index contributed by atoms with van der Waals surface area (Å²) in [6.07, 6.45) is 6.40. The lowest BCUT2D eigenvalue weighted by molar-refractivity contribution is 0.0603. The highest BCUT2D eigenvalue weighted by Gasteiger charge is 2.49. The monoisotopic (exact) mass is 473 g/mol. The molecule has 5 rings (SSSR count). The van der Waals surface area contributed by atoms with E-state index in [9.17, 15) is 14.0 Å². The van der Waals surface area contributed by atoms with E-state index in [4.69, 9.17) is 9.47 Å². The number of nitrogens with zero attached hydrogens (tertiary/aromatic N) is 3. The number of fused-ring (bicyclic) bond motifs is 3. The van der Waals surface area contributed by atoms with Gasteiger partial charge in [-0.1, -0.05) is 6.92 Å². The summed E-state index contributed by atoms with van der Waals surface area (Å²) in [7, 11) is 1.39. The van der Waals surface area contributed by atoms with Crippen molar-refractivity contribution in [3.05, 3.63) is 29.6 Å². The lowest BCUT2D eigenvalue weighted by Gasteiger charge is -2.42. The standard InChI is InChI=1S/C26H36FN3O4/c1-3-13-34-25(32)29-10-4-5-18-14-20(16-23(18)29)28-11-8-26(9-12-28)17-30(24(31)33-2)22-7-6-19(27)15-21(22)26/h6-7,15,18,20,23H,3-5,8-14,16-17H2,1-2H3. The van der Waals surface area contributed by atoms with E-state index in [0.29, 0.717) is 25.1 Å². The smallest absolute Gasteiger partial charge is 0.414 e. The molecule has 186 valence electrons. The Labute approximate surface area is 201 Å².